The molecule has 0 aliphatic carbocycles. The van der Waals surface area contributed by atoms with Crippen LogP contribution in [0.1, 0.15) is 5.56 Å². The topological polar surface area (TPSA) is 9.23 Å². The van der Waals surface area contributed by atoms with E-state index in [1.54, 1.807) is 0 Å². The van der Waals surface area contributed by atoms with Crippen molar-refractivity contribution < 1.29 is 4.74 Å². The van der Waals surface area contributed by atoms with Crippen molar-refractivity contribution in [2.24, 2.45) is 0 Å². The average molecular weight is 233 g/mol. The molecule has 0 bridgehead atoms. The van der Waals surface area contributed by atoms with Gasteiger partial charge in [0.15, 0.2) is 0 Å². The van der Waals surface area contributed by atoms with E-state index in [2.05, 4.69) is 36.4 Å². The summed E-state index contributed by atoms with van der Waals surface area (Å²) in [5.74, 6) is 0. The van der Waals surface area contributed by atoms with Gasteiger partial charge in [0.2, 0.25) is 0 Å². The molecule has 0 saturated carbocycles. The van der Waals surface area contributed by atoms with Crippen LogP contribution in [-0.4, -0.2) is 6.07 Å². The van der Waals surface area contributed by atoms with E-state index in [0.29, 0.717) is 6.61 Å². The number of alkyl halides is 1. The summed E-state index contributed by atoms with van der Waals surface area (Å²) in [7, 11) is 0. The Labute approximate surface area is 101 Å². The van der Waals surface area contributed by atoms with Gasteiger partial charge in [-0.25, -0.2) is 0 Å². The van der Waals surface area contributed by atoms with Crippen LogP contribution in [0, 0.1) is 0 Å². The fourth-order valence-electron chi connectivity index (χ4n) is 1.58. The molecule has 0 heterocycles. The van der Waals surface area contributed by atoms with Crippen molar-refractivity contribution in [1.29, 1.82) is 0 Å². The summed E-state index contributed by atoms with van der Waals surface area (Å²) in [6.45, 7) is 0.568. The summed E-state index contributed by atoms with van der Waals surface area (Å²) in [5, 5.41) is 0. The zero-order valence-corrected chi connectivity index (χ0v) is 9.65. The second-order valence-corrected chi connectivity index (χ2v) is 3.74. The summed E-state index contributed by atoms with van der Waals surface area (Å²) >= 11 is 5.46. The molecule has 0 aliphatic rings. The van der Waals surface area contributed by atoms with Gasteiger partial charge >= 0.3 is 0 Å². The maximum absolute atomic E-state index is 5.46. The third kappa shape index (κ3) is 2.84. The molecule has 0 aromatic heterocycles. The van der Waals surface area contributed by atoms with Gasteiger partial charge in [0.05, 0.1) is 6.61 Å². The lowest BCUT2D eigenvalue weighted by Gasteiger charge is -2.04. The standard InChI is InChI=1S/C14H13ClO/c15-11-16-10-12-6-8-14(9-7-12)13-4-2-1-3-5-13/h1-9H,10-11H2. The third-order valence-electron chi connectivity index (χ3n) is 2.41. The van der Waals surface area contributed by atoms with Gasteiger partial charge in [0.1, 0.15) is 6.07 Å². The van der Waals surface area contributed by atoms with E-state index >= 15 is 0 Å². The Morgan fingerprint density at radius 1 is 0.812 bits per heavy atom. The van der Waals surface area contributed by atoms with Gasteiger partial charge in [-0.1, -0.05) is 66.2 Å². The van der Waals surface area contributed by atoms with Crippen LogP contribution >= 0.6 is 11.6 Å². The Bertz CT molecular complexity index is 422. The second-order valence-electron chi connectivity index (χ2n) is 3.52. The Balaban J connectivity index is 2.13. The van der Waals surface area contributed by atoms with Crippen molar-refractivity contribution in [3.63, 3.8) is 0 Å². The molecular weight excluding hydrogens is 220 g/mol. The highest BCUT2D eigenvalue weighted by Gasteiger charge is 1.97. The van der Waals surface area contributed by atoms with Crippen LogP contribution < -0.4 is 0 Å². The van der Waals surface area contributed by atoms with E-state index in [0.717, 1.165) is 5.56 Å². The van der Waals surface area contributed by atoms with E-state index in [1.807, 2.05) is 18.2 Å². The summed E-state index contributed by atoms with van der Waals surface area (Å²) in [6, 6.07) is 18.9. The Morgan fingerprint density at radius 2 is 1.44 bits per heavy atom. The monoisotopic (exact) mass is 232 g/mol. The predicted octanol–water partition coefficient (Wildman–Crippen LogP) is 4.07. The molecule has 0 amide bonds. The normalized spacial score (nSPS) is 10.3. The van der Waals surface area contributed by atoms with Crippen LogP contribution in [-0.2, 0) is 11.3 Å². The lowest BCUT2D eigenvalue weighted by molar-refractivity contribution is 0.165. The first-order valence-corrected chi connectivity index (χ1v) is 5.71. The SMILES string of the molecule is ClCOCc1ccc(-c2ccccc2)cc1. The minimum Gasteiger partial charge on any atom is -0.361 e. The van der Waals surface area contributed by atoms with Gasteiger partial charge in [-0.15, -0.1) is 0 Å². The zero-order valence-electron chi connectivity index (χ0n) is 8.90. The molecule has 1 nitrogen and oxygen atoms in total. The van der Waals surface area contributed by atoms with Crippen LogP contribution in [0.4, 0.5) is 0 Å². The molecule has 0 saturated heterocycles. The van der Waals surface area contributed by atoms with Crippen molar-refractivity contribution in [1.82, 2.24) is 0 Å². The Hall–Kier alpha value is -1.31. The molecule has 0 unspecified atom stereocenters. The first-order valence-electron chi connectivity index (χ1n) is 5.18. The molecule has 0 atom stereocenters. The first-order chi connectivity index (χ1) is 7.90. The highest BCUT2D eigenvalue weighted by Crippen LogP contribution is 2.19. The lowest BCUT2D eigenvalue weighted by Crippen LogP contribution is -1.89. The number of benzene rings is 2. The fraction of sp³-hybridized carbons (Fsp3) is 0.143. The minimum atomic E-state index is 0.237. The number of hydrogen-bond donors (Lipinski definition) is 0. The highest BCUT2D eigenvalue weighted by atomic mass is 35.5. The Morgan fingerprint density at radius 3 is 2.06 bits per heavy atom. The largest absolute Gasteiger partial charge is 0.361 e. The van der Waals surface area contributed by atoms with Gasteiger partial charge < -0.3 is 4.74 Å². The Kier molecular flexibility index (Phi) is 3.97. The summed E-state index contributed by atoms with van der Waals surface area (Å²) < 4.78 is 5.13. The molecule has 0 radical (unpaired) electrons. The predicted molar refractivity (Wildman–Crippen MR) is 67.4 cm³/mol. The molecule has 2 aromatic rings. The summed E-state index contributed by atoms with van der Waals surface area (Å²) in [5.41, 5.74) is 3.59. The van der Waals surface area contributed by atoms with Crippen LogP contribution in [0.5, 0.6) is 0 Å². The third-order valence-corrected chi connectivity index (χ3v) is 2.56. The number of rotatable bonds is 4. The smallest absolute Gasteiger partial charge is 0.121 e. The molecule has 2 rings (SSSR count). The van der Waals surface area contributed by atoms with Crippen LogP contribution in [0.25, 0.3) is 11.1 Å². The van der Waals surface area contributed by atoms with Crippen LogP contribution in [0.2, 0.25) is 0 Å². The van der Waals surface area contributed by atoms with Crippen molar-refractivity contribution >= 4 is 11.6 Å². The van der Waals surface area contributed by atoms with E-state index < -0.39 is 0 Å². The second kappa shape index (κ2) is 5.69. The molecule has 2 heteroatoms. The minimum absolute atomic E-state index is 0.237. The quantitative estimate of drug-likeness (QED) is 0.723. The number of ether oxygens (including phenoxy) is 1. The molecular formula is C14H13ClO. The van der Waals surface area contributed by atoms with Gasteiger partial charge in [-0.2, -0.15) is 0 Å². The summed E-state index contributed by atoms with van der Waals surface area (Å²) in [6.07, 6.45) is 0. The fourth-order valence-corrected chi connectivity index (χ4v) is 1.66. The molecule has 0 N–H and O–H groups in total. The first kappa shape index (κ1) is 11.2. The molecule has 2 aromatic carbocycles. The van der Waals surface area contributed by atoms with Crippen LogP contribution in [0.15, 0.2) is 54.6 Å². The van der Waals surface area contributed by atoms with E-state index in [9.17, 15) is 0 Å². The van der Waals surface area contributed by atoms with Crippen molar-refractivity contribution in [3.8, 4) is 11.1 Å². The van der Waals surface area contributed by atoms with Crippen molar-refractivity contribution in [3.05, 3.63) is 60.2 Å². The van der Waals surface area contributed by atoms with Gasteiger partial charge in [0, 0.05) is 0 Å². The van der Waals surface area contributed by atoms with Crippen molar-refractivity contribution in [2.75, 3.05) is 6.07 Å². The summed E-state index contributed by atoms with van der Waals surface area (Å²) in [4.78, 5) is 0. The van der Waals surface area contributed by atoms with Gasteiger partial charge in [-0.05, 0) is 16.7 Å². The molecule has 0 aliphatic heterocycles. The lowest BCUT2D eigenvalue weighted by atomic mass is 10.0. The highest BCUT2D eigenvalue weighted by molar-refractivity contribution is 6.17. The maximum atomic E-state index is 5.46. The number of hydrogen-bond acceptors (Lipinski definition) is 1. The van der Waals surface area contributed by atoms with E-state index in [4.69, 9.17) is 16.3 Å². The van der Waals surface area contributed by atoms with E-state index in [-0.39, 0.29) is 6.07 Å². The molecule has 82 valence electrons. The van der Waals surface area contributed by atoms with Gasteiger partial charge in [-0.3, -0.25) is 0 Å². The zero-order chi connectivity index (χ0) is 11.2. The maximum Gasteiger partial charge on any atom is 0.121 e. The van der Waals surface area contributed by atoms with Crippen LogP contribution in [0.3, 0.4) is 0 Å². The average Bonchev–Trinajstić information content (AvgIpc) is 2.38. The molecule has 0 spiro atoms. The van der Waals surface area contributed by atoms with Gasteiger partial charge in [0.25, 0.3) is 0 Å². The molecule has 16 heavy (non-hydrogen) atoms. The molecule has 0 fully saturated rings. The van der Waals surface area contributed by atoms with E-state index in [1.165, 1.54) is 11.1 Å². The van der Waals surface area contributed by atoms with Crippen molar-refractivity contribution in [2.45, 2.75) is 6.61 Å². The number of halogens is 1.